The van der Waals surface area contributed by atoms with Gasteiger partial charge in [0.05, 0.1) is 6.04 Å². The number of nitrogens with one attached hydrogen (secondary N) is 1. The predicted octanol–water partition coefficient (Wildman–Crippen LogP) is 0.646. The van der Waals surface area contributed by atoms with Gasteiger partial charge in [0.15, 0.2) is 0 Å². The Kier molecular flexibility index (Phi) is 3.93. The topological polar surface area (TPSA) is 58.4 Å². The summed E-state index contributed by atoms with van der Waals surface area (Å²) in [5.41, 5.74) is 6.76. The number of rotatable bonds is 3. The van der Waals surface area contributed by atoms with Crippen LogP contribution in [0.5, 0.6) is 0 Å². The van der Waals surface area contributed by atoms with E-state index in [9.17, 15) is 9.18 Å². The summed E-state index contributed by atoms with van der Waals surface area (Å²) >= 11 is 0. The number of nitrogens with zero attached hydrogens (tertiary/aromatic N) is 1. The third-order valence-electron chi connectivity index (χ3n) is 3.42. The predicted molar refractivity (Wildman–Crippen MR) is 67.4 cm³/mol. The van der Waals surface area contributed by atoms with E-state index in [4.69, 9.17) is 5.73 Å². The first-order valence-electron chi connectivity index (χ1n) is 6.12. The van der Waals surface area contributed by atoms with Gasteiger partial charge in [-0.2, -0.15) is 0 Å². The van der Waals surface area contributed by atoms with Crippen molar-refractivity contribution >= 4 is 5.91 Å². The zero-order valence-corrected chi connectivity index (χ0v) is 10.4. The van der Waals surface area contributed by atoms with E-state index in [1.54, 1.807) is 12.1 Å². The van der Waals surface area contributed by atoms with Crippen molar-refractivity contribution in [1.82, 2.24) is 10.2 Å². The Labute approximate surface area is 106 Å². The van der Waals surface area contributed by atoms with Crippen molar-refractivity contribution in [3.05, 3.63) is 35.6 Å². The number of carbonyl (C=O) groups is 1. The number of halogens is 1. The van der Waals surface area contributed by atoms with Crippen molar-refractivity contribution in [3.63, 3.8) is 0 Å². The van der Waals surface area contributed by atoms with Gasteiger partial charge < -0.3 is 11.1 Å². The molecular weight excluding hydrogens is 233 g/mol. The number of carbonyl (C=O) groups excluding carboxylic acids is 1. The van der Waals surface area contributed by atoms with Gasteiger partial charge >= 0.3 is 0 Å². The molecule has 0 spiro atoms. The maximum absolute atomic E-state index is 12.9. The van der Waals surface area contributed by atoms with Gasteiger partial charge in [0.2, 0.25) is 5.91 Å². The third kappa shape index (κ3) is 2.52. The Morgan fingerprint density at radius 2 is 2.17 bits per heavy atom. The summed E-state index contributed by atoms with van der Waals surface area (Å²) in [5.74, 6) is -0.249. The van der Waals surface area contributed by atoms with E-state index in [2.05, 4.69) is 10.2 Å². The number of hydrogen-bond donors (Lipinski definition) is 2. The summed E-state index contributed by atoms with van der Waals surface area (Å²) in [6.45, 7) is 3.65. The lowest BCUT2D eigenvalue weighted by Crippen LogP contribution is -2.55. The molecule has 0 bridgehead atoms. The van der Waals surface area contributed by atoms with E-state index in [1.165, 1.54) is 12.1 Å². The molecule has 1 aliphatic heterocycles. The van der Waals surface area contributed by atoms with E-state index in [1.807, 2.05) is 6.92 Å². The Bertz CT molecular complexity index is 421. The van der Waals surface area contributed by atoms with Gasteiger partial charge in [-0.05, 0) is 24.6 Å². The average molecular weight is 251 g/mol. The average Bonchev–Trinajstić information content (AvgIpc) is 2.37. The smallest absolute Gasteiger partial charge is 0.237 e. The quantitative estimate of drug-likeness (QED) is 0.829. The monoisotopic (exact) mass is 251 g/mol. The molecule has 2 atom stereocenters. The molecule has 0 aromatic heterocycles. The molecule has 1 fully saturated rings. The summed E-state index contributed by atoms with van der Waals surface area (Å²) < 4.78 is 12.9. The van der Waals surface area contributed by atoms with Crippen LogP contribution in [0.15, 0.2) is 24.3 Å². The molecule has 5 heteroatoms. The van der Waals surface area contributed by atoms with Crippen molar-refractivity contribution < 1.29 is 9.18 Å². The lowest BCUT2D eigenvalue weighted by Gasteiger charge is -2.38. The Morgan fingerprint density at radius 3 is 2.78 bits per heavy atom. The first kappa shape index (κ1) is 13.0. The maximum atomic E-state index is 12.9. The normalized spacial score (nSPS) is 22.6. The van der Waals surface area contributed by atoms with Gasteiger partial charge in [-0.3, -0.25) is 9.69 Å². The van der Waals surface area contributed by atoms with E-state index in [0.29, 0.717) is 13.1 Å². The van der Waals surface area contributed by atoms with Crippen LogP contribution in [0.1, 0.15) is 18.5 Å². The Balaban J connectivity index is 2.22. The fraction of sp³-hybridized carbons (Fsp3) is 0.462. The summed E-state index contributed by atoms with van der Waals surface area (Å²) in [6, 6.07) is 6.04. The zero-order chi connectivity index (χ0) is 13.1. The van der Waals surface area contributed by atoms with Gasteiger partial charge in [-0.1, -0.05) is 12.1 Å². The molecule has 18 heavy (non-hydrogen) atoms. The van der Waals surface area contributed by atoms with Gasteiger partial charge in [-0.25, -0.2) is 4.39 Å². The first-order valence-corrected chi connectivity index (χ1v) is 6.12. The standard InChI is InChI=1S/C13H18FN3O/c1-9-13(18)16-6-7-17(9)12(8-15)10-2-4-11(14)5-3-10/h2-5,9,12H,6-8,15H2,1H3,(H,16,18). The molecular formula is C13H18FN3O. The van der Waals surface area contributed by atoms with Crippen LogP contribution in [-0.2, 0) is 4.79 Å². The lowest BCUT2D eigenvalue weighted by atomic mass is 10.0. The molecule has 1 aromatic rings. The van der Waals surface area contributed by atoms with Crippen molar-refractivity contribution in [2.45, 2.75) is 19.0 Å². The van der Waals surface area contributed by atoms with Crippen molar-refractivity contribution in [3.8, 4) is 0 Å². The number of piperazine rings is 1. The second-order valence-corrected chi connectivity index (χ2v) is 4.51. The Morgan fingerprint density at radius 1 is 1.50 bits per heavy atom. The molecule has 2 rings (SSSR count). The van der Waals surface area contributed by atoms with Crippen LogP contribution >= 0.6 is 0 Å². The lowest BCUT2D eigenvalue weighted by molar-refractivity contribution is -0.129. The second kappa shape index (κ2) is 5.46. The van der Waals surface area contributed by atoms with Gasteiger partial charge in [-0.15, -0.1) is 0 Å². The maximum Gasteiger partial charge on any atom is 0.237 e. The molecule has 4 nitrogen and oxygen atoms in total. The van der Waals surface area contributed by atoms with Crippen LogP contribution < -0.4 is 11.1 Å². The van der Waals surface area contributed by atoms with Gasteiger partial charge in [0.1, 0.15) is 5.82 Å². The zero-order valence-electron chi connectivity index (χ0n) is 10.4. The van der Waals surface area contributed by atoms with Crippen LogP contribution in [0.4, 0.5) is 4.39 Å². The second-order valence-electron chi connectivity index (χ2n) is 4.51. The molecule has 0 aliphatic carbocycles. The fourth-order valence-corrected chi connectivity index (χ4v) is 2.37. The molecule has 98 valence electrons. The number of nitrogens with two attached hydrogens (primary N) is 1. The molecule has 1 heterocycles. The van der Waals surface area contributed by atoms with Gasteiger partial charge in [0, 0.05) is 25.7 Å². The van der Waals surface area contributed by atoms with Crippen LogP contribution in [0, 0.1) is 5.82 Å². The van der Waals surface area contributed by atoms with Crippen LogP contribution in [0.2, 0.25) is 0 Å². The summed E-state index contributed by atoms with van der Waals surface area (Å²) in [7, 11) is 0. The molecule has 0 radical (unpaired) electrons. The Hall–Kier alpha value is -1.46. The number of amides is 1. The van der Waals surface area contributed by atoms with Crippen LogP contribution in [0.25, 0.3) is 0 Å². The third-order valence-corrected chi connectivity index (χ3v) is 3.42. The van der Waals surface area contributed by atoms with Crippen molar-refractivity contribution in [2.75, 3.05) is 19.6 Å². The molecule has 3 N–H and O–H groups in total. The number of hydrogen-bond acceptors (Lipinski definition) is 3. The highest BCUT2D eigenvalue weighted by Gasteiger charge is 2.31. The molecule has 0 saturated carbocycles. The van der Waals surface area contributed by atoms with Crippen LogP contribution in [-0.4, -0.2) is 36.5 Å². The summed E-state index contributed by atoms with van der Waals surface area (Å²) in [5, 5.41) is 2.82. The van der Waals surface area contributed by atoms with E-state index in [0.717, 1.165) is 12.1 Å². The largest absolute Gasteiger partial charge is 0.353 e. The SMILES string of the molecule is CC1C(=O)NCCN1C(CN)c1ccc(F)cc1. The minimum absolute atomic E-state index is 0.0156. The highest BCUT2D eigenvalue weighted by Crippen LogP contribution is 2.23. The minimum atomic E-state index is -0.265. The fourth-order valence-electron chi connectivity index (χ4n) is 2.37. The highest BCUT2D eigenvalue weighted by atomic mass is 19.1. The van der Waals surface area contributed by atoms with Gasteiger partial charge in [0.25, 0.3) is 0 Å². The number of benzene rings is 1. The minimum Gasteiger partial charge on any atom is -0.353 e. The molecule has 1 saturated heterocycles. The van der Waals surface area contributed by atoms with E-state index >= 15 is 0 Å². The molecule has 1 aliphatic rings. The van der Waals surface area contributed by atoms with Crippen molar-refractivity contribution in [1.29, 1.82) is 0 Å². The first-order chi connectivity index (χ1) is 8.63. The van der Waals surface area contributed by atoms with E-state index in [-0.39, 0.29) is 23.8 Å². The van der Waals surface area contributed by atoms with Crippen LogP contribution in [0.3, 0.4) is 0 Å². The van der Waals surface area contributed by atoms with E-state index < -0.39 is 0 Å². The molecule has 2 unspecified atom stereocenters. The molecule has 1 aromatic carbocycles. The molecule has 1 amide bonds. The summed E-state index contributed by atoms with van der Waals surface area (Å²) in [4.78, 5) is 13.7. The summed E-state index contributed by atoms with van der Waals surface area (Å²) in [6.07, 6.45) is 0. The highest BCUT2D eigenvalue weighted by molar-refractivity contribution is 5.82. The van der Waals surface area contributed by atoms with Crippen molar-refractivity contribution in [2.24, 2.45) is 5.73 Å².